The van der Waals surface area contributed by atoms with Gasteiger partial charge in [-0.25, -0.2) is 8.78 Å². The van der Waals surface area contributed by atoms with Gasteiger partial charge in [0.2, 0.25) is 0 Å². The number of nitro benzene ring substituents is 1. The molecule has 0 spiro atoms. The average molecular weight is 232 g/mol. The van der Waals surface area contributed by atoms with Gasteiger partial charge in [-0.1, -0.05) is 0 Å². The summed E-state index contributed by atoms with van der Waals surface area (Å²) >= 11 is 0. The smallest absolute Gasteiger partial charge is 0.292 e. The Bertz CT molecular complexity index is 385. The number of hydrogen-bond donors (Lipinski definition) is 1. The van der Waals surface area contributed by atoms with Crippen molar-refractivity contribution in [3.8, 4) is 5.75 Å². The molecule has 0 aromatic heterocycles. The van der Waals surface area contributed by atoms with E-state index in [4.69, 9.17) is 4.74 Å². The van der Waals surface area contributed by atoms with Gasteiger partial charge in [0.1, 0.15) is 11.4 Å². The standard InChI is InChI=1S/C9H10F2N2O3/c1-16-6-2-3-8(13(14)15)7(4-6)12-5-9(10)11/h2-4,9,12H,5H2,1H3. The lowest BCUT2D eigenvalue weighted by Crippen LogP contribution is -2.11. The van der Waals surface area contributed by atoms with E-state index >= 15 is 0 Å². The van der Waals surface area contributed by atoms with Crippen molar-refractivity contribution in [2.45, 2.75) is 6.43 Å². The van der Waals surface area contributed by atoms with Gasteiger partial charge in [0.05, 0.1) is 18.6 Å². The van der Waals surface area contributed by atoms with E-state index < -0.39 is 17.9 Å². The maximum absolute atomic E-state index is 12.0. The normalized spacial score (nSPS) is 10.2. The Morgan fingerprint density at radius 1 is 1.56 bits per heavy atom. The number of methoxy groups -OCH3 is 1. The van der Waals surface area contributed by atoms with Gasteiger partial charge in [0, 0.05) is 12.1 Å². The molecule has 0 unspecified atom stereocenters. The average Bonchev–Trinajstić information content (AvgIpc) is 2.25. The van der Waals surface area contributed by atoms with Crippen LogP contribution in [0.2, 0.25) is 0 Å². The van der Waals surface area contributed by atoms with E-state index in [-0.39, 0.29) is 11.4 Å². The Balaban J connectivity index is 2.96. The Hall–Kier alpha value is -1.92. The third-order valence-electron chi connectivity index (χ3n) is 1.85. The summed E-state index contributed by atoms with van der Waals surface area (Å²) in [6, 6.07) is 3.90. The minimum Gasteiger partial charge on any atom is -0.497 e. The fraction of sp³-hybridized carbons (Fsp3) is 0.333. The molecule has 1 aromatic rings. The molecule has 88 valence electrons. The van der Waals surface area contributed by atoms with Crippen LogP contribution in [0.3, 0.4) is 0 Å². The molecule has 7 heteroatoms. The first kappa shape index (κ1) is 12.2. The number of ether oxygens (including phenoxy) is 1. The van der Waals surface area contributed by atoms with Gasteiger partial charge >= 0.3 is 0 Å². The number of anilines is 1. The van der Waals surface area contributed by atoms with Crippen LogP contribution in [-0.2, 0) is 0 Å². The summed E-state index contributed by atoms with van der Waals surface area (Å²) in [5, 5.41) is 12.9. The van der Waals surface area contributed by atoms with Gasteiger partial charge in [-0.3, -0.25) is 10.1 Å². The fourth-order valence-electron chi connectivity index (χ4n) is 1.13. The van der Waals surface area contributed by atoms with Crippen LogP contribution < -0.4 is 10.1 Å². The molecule has 0 fully saturated rings. The molecule has 1 rings (SSSR count). The third-order valence-corrected chi connectivity index (χ3v) is 1.85. The lowest BCUT2D eigenvalue weighted by molar-refractivity contribution is -0.384. The van der Waals surface area contributed by atoms with Gasteiger partial charge in [-0.2, -0.15) is 0 Å². The van der Waals surface area contributed by atoms with Crippen LogP contribution in [0.15, 0.2) is 18.2 Å². The van der Waals surface area contributed by atoms with E-state index in [0.717, 1.165) is 0 Å². The van der Waals surface area contributed by atoms with Crippen molar-refractivity contribution in [3.05, 3.63) is 28.3 Å². The van der Waals surface area contributed by atoms with Crippen molar-refractivity contribution >= 4 is 11.4 Å². The SMILES string of the molecule is COc1ccc([N+](=O)[O-])c(NCC(F)F)c1. The van der Waals surface area contributed by atoms with Crippen molar-refractivity contribution in [1.29, 1.82) is 0 Å². The molecular formula is C9H10F2N2O3. The highest BCUT2D eigenvalue weighted by molar-refractivity contribution is 5.64. The van der Waals surface area contributed by atoms with Crippen LogP contribution in [0.4, 0.5) is 20.2 Å². The number of nitrogens with one attached hydrogen (secondary N) is 1. The van der Waals surface area contributed by atoms with Gasteiger partial charge in [-0.15, -0.1) is 0 Å². The molecule has 16 heavy (non-hydrogen) atoms. The zero-order valence-corrected chi connectivity index (χ0v) is 8.44. The second-order valence-electron chi connectivity index (χ2n) is 2.91. The zero-order valence-electron chi connectivity index (χ0n) is 8.44. The molecule has 0 amide bonds. The molecule has 5 nitrogen and oxygen atoms in total. The van der Waals surface area contributed by atoms with Gasteiger partial charge in [0.15, 0.2) is 0 Å². The number of hydrogen-bond acceptors (Lipinski definition) is 4. The second kappa shape index (κ2) is 5.24. The molecule has 0 aliphatic heterocycles. The Labute approximate surface area is 90.2 Å². The Kier molecular flexibility index (Phi) is 3.98. The first-order chi connectivity index (χ1) is 7.54. The van der Waals surface area contributed by atoms with Crippen LogP contribution in [0.5, 0.6) is 5.75 Å². The molecule has 0 atom stereocenters. The maximum Gasteiger partial charge on any atom is 0.292 e. The molecule has 1 aromatic carbocycles. The minimum absolute atomic E-state index is 0.0182. The molecule has 1 N–H and O–H groups in total. The van der Waals surface area contributed by atoms with E-state index in [0.29, 0.717) is 5.75 Å². The van der Waals surface area contributed by atoms with Crippen LogP contribution in [0.1, 0.15) is 0 Å². The molecule has 0 saturated carbocycles. The number of halogens is 2. The van der Waals surface area contributed by atoms with Gasteiger partial charge in [0.25, 0.3) is 12.1 Å². The van der Waals surface area contributed by atoms with Gasteiger partial charge in [-0.05, 0) is 6.07 Å². The lowest BCUT2D eigenvalue weighted by atomic mass is 10.2. The van der Waals surface area contributed by atoms with E-state index in [9.17, 15) is 18.9 Å². The summed E-state index contributed by atoms with van der Waals surface area (Å²) in [6.07, 6.45) is -2.58. The first-order valence-corrected chi connectivity index (χ1v) is 4.39. The topological polar surface area (TPSA) is 64.4 Å². The molecule has 0 heterocycles. The summed E-state index contributed by atoms with van der Waals surface area (Å²) in [7, 11) is 1.39. The van der Waals surface area contributed by atoms with E-state index in [1.807, 2.05) is 0 Å². The predicted octanol–water partition coefficient (Wildman–Crippen LogP) is 2.28. The molecule has 0 radical (unpaired) electrons. The number of benzene rings is 1. The lowest BCUT2D eigenvalue weighted by Gasteiger charge is -2.08. The number of nitro groups is 1. The van der Waals surface area contributed by atoms with E-state index in [1.165, 1.54) is 25.3 Å². The van der Waals surface area contributed by atoms with Crippen LogP contribution in [-0.4, -0.2) is 25.0 Å². The van der Waals surface area contributed by atoms with Crippen molar-refractivity contribution in [2.75, 3.05) is 19.0 Å². The highest BCUT2D eigenvalue weighted by Crippen LogP contribution is 2.28. The highest BCUT2D eigenvalue weighted by atomic mass is 19.3. The third kappa shape index (κ3) is 3.04. The molecule has 0 aliphatic carbocycles. The van der Waals surface area contributed by atoms with Crippen molar-refractivity contribution < 1.29 is 18.4 Å². The summed E-state index contributed by atoms with van der Waals surface area (Å²) in [4.78, 5) is 9.96. The van der Waals surface area contributed by atoms with Crippen molar-refractivity contribution in [3.63, 3.8) is 0 Å². The molecular weight excluding hydrogens is 222 g/mol. The minimum atomic E-state index is -2.58. The number of alkyl halides is 2. The van der Waals surface area contributed by atoms with Gasteiger partial charge < -0.3 is 10.1 Å². The Morgan fingerprint density at radius 2 is 2.25 bits per heavy atom. The van der Waals surface area contributed by atoms with Crippen molar-refractivity contribution in [1.82, 2.24) is 0 Å². The predicted molar refractivity (Wildman–Crippen MR) is 54.1 cm³/mol. The summed E-state index contributed by atoms with van der Waals surface area (Å²) in [5.74, 6) is 0.363. The van der Waals surface area contributed by atoms with Crippen LogP contribution in [0, 0.1) is 10.1 Å². The zero-order chi connectivity index (χ0) is 12.1. The van der Waals surface area contributed by atoms with Crippen LogP contribution >= 0.6 is 0 Å². The molecule has 0 saturated heterocycles. The fourth-order valence-corrected chi connectivity index (χ4v) is 1.13. The molecule has 0 aliphatic rings. The first-order valence-electron chi connectivity index (χ1n) is 4.39. The quantitative estimate of drug-likeness (QED) is 0.624. The van der Waals surface area contributed by atoms with Crippen LogP contribution in [0.25, 0.3) is 0 Å². The van der Waals surface area contributed by atoms with E-state index in [2.05, 4.69) is 5.32 Å². The summed E-state index contributed by atoms with van der Waals surface area (Å²) < 4.78 is 28.8. The number of nitrogens with zero attached hydrogens (tertiary/aromatic N) is 1. The Morgan fingerprint density at radius 3 is 2.75 bits per heavy atom. The summed E-state index contributed by atoms with van der Waals surface area (Å²) in [5.41, 5.74) is -0.244. The number of rotatable bonds is 5. The monoisotopic (exact) mass is 232 g/mol. The second-order valence-corrected chi connectivity index (χ2v) is 2.91. The van der Waals surface area contributed by atoms with E-state index in [1.54, 1.807) is 0 Å². The largest absolute Gasteiger partial charge is 0.497 e. The molecule has 0 bridgehead atoms. The maximum atomic E-state index is 12.0. The highest BCUT2D eigenvalue weighted by Gasteiger charge is 2.15. The summed E-state index contributed by atoms with van der Waals surface area (Å²) in [6.45, 7) is -0.645. The van der Waals surface area contributed by atoms with Crippen molar-refractivity contribution in [2.24, 2.45) is 0 Å².